The van der Waals surface area contributed by atoms with Crippen molar-refractivity contribution in [3.63, 3.8) is 0 Å². The first-order valence-electron chi connectivity index (χ1n) is 9.15. The van der Waals surface area contributed by atoms with Crippen LogP contribution in [0.1, 0.15) is 31.6 Å². The van der Waals surface area contributed by atoms with Crippen molar-refractivity contribution in [1.82, 2.24) is 19.8 Å². The molecular formula is C19H30N4O2. The first kappa shape index (κ1) is 18.3. The van der Waals surface area contributed by atoms with Gasteiger partial charge in [-0.1, -0.05) is 12.1 Å². The number of aryl methyl sites for hydroxylation is 1. The summed E-state index contributed by atoms with van der Waals surface area (Å²) < 4.78 is 7.19. The third-order valence-corrected chi connectivity index (χ3v) is 5.11. The number of piperidine rings is 1. The van der Waals surface area contributed by atoms with Gasteiger partial charge in [0.25, 0.3) is 0 Å². The number of fused-ring (bicyclic) bond motifs is 1. The third-order valence-electron chi connectivity index (χ3n) is 5.11. The molecule has 1 aliphatic heterocycles. The highest BCUT2D eigenvalue weighted by molar-refractivity contribution is 5.75. The van der Waals surface area contributed by atoms with Gasteiger partial charge in [0.1, 0.15) is 5.82 Å². The van der Waals surface area contributed by atoms with Crippen LogP contribution in [0.2, 0.25) is 0 Å². The second-order valence-corrected chi connectivity index (χ2v) is 7.09. The highest BCUT2D eigenvalue weighted by Gasteiger charge is 2.23. The summed E-state index contributed by atoms with van der Waals surface area (Å²) in [5.74, 6) is 1.08. The van der Waals surface area contributed by atoms with Crippen LogP contribution in [0.4, 0.5) is 0 Å². The van der Waals surface area contributed by atoms with Gasteiger partial charge >= 0.3 is 0 Å². The Balaban J connectivity index is 1.54. The van der Waals surface area contributed by atoms with Crippen LogP contribution in [-0.2, 0) is 11.8 Å². The minimum absolute atomic E-state index is 0.216. The number of aromatic nitrogens is 2. The van der Waals surface area contributed by atoms with Gasteiger partial charge in [-0.15, -0.1) is 0 Å². The number of methoxy groups -OCH3 is 1. The fourth-order valence-electron chi connectivity index (χ4n) is 3.80. The Bertz CT molecular complexity index is 679. The molecule has 0 saturated carbocycles. The van der Waals surface area contributed by atoms with E-state index in [9.17, 15) is 5.11 Å². The maximum atomic E-state index is 9.87. The molecule has 0 spiro atoms. The number of nitrogens with one attached hydrogen (secondary N) is 1. The van der Waals surface area contributed by atoms with E-state index < -0.39 is 6.10 Å². The molecule has 2 atom stereocenters. The van der Waals surface area contributed by atoms with Crippen molar-refractivity contribution in [3.8, 4) is 0 Å². The fraction of sp³-hybridized carbons (Fsp3) is 0.632. The summed E-state index contributed by atoms with van der Waals surface area (Å²) in [6.45, 7) is 5.31. The van der Waals surface area contributed by atoms with Crippen molar-refractivity contribution in [2.45, 2.75) is 38.0 Å². The van der Waals surface area contributed by atoms with Crippen molar-refractivity contribution < 1.29 is 9.84 Å². The Hall–Kier alpha value is -1.47. The maximum Gasteiger partial charge on any atom is 0.126 e. The lowest BCUT2D eigenvalue weighted by Gasteiger charge is -2.34. The molecular weight excluding hydrogens is 316 g/mol. The summed E-state index contributed by atoms with van der Waals surface area (Å²) >= 11 is 0. The fourth-order valence-corrected chi connectivity index (χ4v) is 3.80. The van der Waals surface area contributed by atoms with Crippen molar-refractivity contribution in [1.29, 1.82) is 0 Å². The largest absolute Gasteiger partial charge is 0.389 e. The van der Waals surface area contributed by atoms with E-state index in [0.29, 0.717) is 19.2 Å². The number of aliphatic hydroxyl groups is 1. The van der Waals surface area contributed by atoms with Crippen molar-refractivity contribution >= 4 is 11.0 Å². The molecule has 0 bridgehead atoms. The number of benzene rings is 1. The van der Waals surface area contributed by atoms with E-state index in [2.05, 4.69) is 47.0 Å². The Morgan fingerprint density at radius 1 is 1.32 bits per heavy atom. The lowest BCUT2D eigenvalue weighted by Crippen LogP contribution is -2.46. The van der Waals surface area contributed by atoms with E-state index in [0.717, 1.165) is 37.3 Å². The topological polar surface area (TPSA) is 62.6 Å². The average molecular weight is 346 g/mol. The van der Waals surface area contributed by atoms with Gasteiger partial charge in [0.15, 0.2) is 0 Å². The maximum absolute atomic E-state index is 9.87. The van der Waals surface area contributed by atoms with Crippen LogP contribution >= 0.6 is 0 Å². The number of likely N-dealkylation sites (tertiary alicyclic amines) is 1. The molecule has 0 amide bonds. The molecule has 25 heavy (non-hydrogen) atoms. The quantitative estimate of drug-likeness (QED) is 0.799. The molecule has 0 aliphatic carbocycles. The second kappa shape index (κ2) is 8.27. The molecule has 0 radical (unpaired) electrons. The summed E-state index contributed by atoms with van der Waals surface area (Å²) in [6.07, 6.45) is 1.79. The van der Waals surface area contributed by atoms with E-state index in [4.69, 9.17) is 9.72 Å². The molecule has 1 aliphatic rings. The molecule has 1 aromatic carbocycles. The number of para-hydroxylation sites is 2. The molecule has 1 saturated heterocycles. The first-order chi connectivity index (χ1) is 12.1. The van der Waals surface area contributed by atoms with Gasteiger partial charge in [-0.3, -0.25) is 0 Å². The molecule has 6 heteroatoms. The van der Waals surface area contributed by atoms with Crippen LogP contribution in [0, 0.1) is 0 Å². The average Bonchev–Trinajstić information content (AvgIpc) is 2.94. The van der Waals surface area contributed by atoms with E-state index in [1.165, 1.54) is 5.52 Å². The number of β-amino-alcohol motifs (C(OH)–C–C–N with tert-alkyl or cyclic N) is 1. The van der Waals surface area contributed by atoms with Crippen molar-refractivity contribution in [2.75, 3.05) is 33.4 Å². The number of rotatable bonds is 7. The van der Waals surface area contributed by atoms with E-state index in [1.54, 1.807) is 7.11 Å². The minimum Gasteiger partial charge on any atom is -0.389 e. The van der Waals surface area contributed by atoms with Crippen molar-refractivity contribution in [2.24, 2.45) is 7.05 Å². The molecule has 2 aromatic rings. The smallest absolute Gasteiger partial charge is 0.126 e. The van der Waals surface area contributed by atoms with Crippen molar-refractivity contribution in [3.05, 3.63) is 30.1 Å². The van der Waals surface area contributed by atoms with Crippen LogP contribution < -0.4 is 5.32 Å². The number of nitrogens with zero attached hydrogens (tertiary/aromatic N) is 3. The van der Waals surface area contributed by atoms with Gasteiger partial charge in [-0.2, -0.15) is 0 Å². The van der Waals surface area contributed by atoms with E-state index in [-0.39, 0.29) is 6.04 Å². The molecule has 6 nitrogen and oxygen atoms in total. The number of hydrogen-bond acceptors (Lipinski definition) is 5. The predicted octanol–water partition coefficient (Wildman–Crippen LogP) is 1.70. The van der Waals surface area contributed by atoms with Gasteiger partial charge in [0.2, 0.25) is 0 Å². The van der Waals surface area contributed by atoms with Crippen LogP contribution in [0.3, 0.4) is 0 Å². The summed E-state index contributed by atoms with van der Waals surface area (Å²) in [7, 11) is 3.71. The number of imidazole rings is 1. The first-order valence-corrected chi connectivity index (χ1v) is 9.15. The van der Waals surface area contributed by atoms with Crippen LogP contribution in [-0.4, -0.2) is 65.1 Å². The number of aliphatic hydroxyl groups excluding tert-OH is 1. The Kier molecular flexibility index (Phi) is 6.06. The molecule has 2 unspecified atom stereocenters. The lowest BCUT2D eigenvalue weighted by atomic mass is 10.0. The highest BCUT2D eigenvalue weighted by atomic mass is 16.5. The number of ether oxygens (including phenoxy) is 1. The monoisotopic (exact) mass is 346 g/mol. The molecule has 2 N–H and O–H groups in total. The molecule has 138 valence electrons. The third kappa shape index (κ3) is 4.39. The highest BCUT2D eigenvalue weighted by Crippen LogP contribution is 2.21. The van der Waals surface area contributed by atoms with Gasteiger partial charge < -0.3 is 24.6 Å². The SMILES string of the molecule is COCC(O)CN1CCC(NC(C)c2nc3ccccc3n2C)CC1. The van der Waals surface area contributed by atoms with E-state index in [1.807, 2.05) is 6.07 Å². The van der Waals surface area contributed by atoms with Gasteiger partial charge in [0, 0.05) is 26.7 Å². The number of hydrogen-bond donors (Lipinski definition) is 2. The van der Waals surface area contributed by atoms with Gasteiger partial charge in [-0.05, 0) is 45.0 Å². The Labute approximate surface area is 149 Å². The molecule has 2 heterocycles. The zero-order chi connectivity index (χ0) is 17.8. The van der Waals surface area contributed by atoms with Crippen LogP contribution in [0.5, 0.6) is 0 Å². The van der Waals surface area contributed by atoms with Crippen LogP contribution in [0.15, 0.2) is 24.3 Å². The Morgan fingerprint density at radius 2 is 2.04 bits per heavy atom. The summed E-state index contributed by atoms with van der Waals surface area (Å²) in [4.78, 5) is 7.12. The lowest BCUT2D eigenvalue weighted by molar-refractivity contribution is 0.0307. The zero-order valence-electron chi connectivity index (χ0n) is 15.5. The summed E-state index contributed by atoms with van der Waals surface area (Å²) in [5.41, 5.74) is 2.23. The molecule has 1 aromatic heterocycles. The molecule has 3 rings (SSSR count). The second-order valence-electron chi connectivity index (χ2n) is 7.09. The standard InChI is InChI=1S/C19H30N4O2/c1-14(19-21-17-6-4-5-7-18(17)22(19)2)20-15-8-10-23(11-9-15)12-16(24)13-25-3/h4-7,14-16,20,24H,8-13H2,1-3H3. The normalized spacial score (nSPS) is 19.4. The predicted molar refractivity (Wildman–Crippen MR) is 99.6 cm³/mol. The summed E-state index contributed by atoms with van der Waals surface area (Å²) in [6, 6.07) is 8.97. The van der Waals surface area contributed by atoms with E-state index >= 15 is 0 Å². The van der Waals surface area contributed by atoms with Gasteiger partial charge in [-0.25, -0.2) is 4.98 Å². The molecule has 1 fully saturated rings. The minimum atomic E-state index is -0.395. The summed E-state index contributed by atoms with van der Waals surface area (Å²) in [5, 5.41) is 13.6. The van der Waals surface area contributed by atoms with Crippen LogP contribution in [0.25, 0.3) is 11.0 Å². The zero-order valence-corrected chi connectivity index (χ0v) is 15.5. The Morgan fingerprint density at radius 3 is 2.72 bits per heavy atom. The van der Waals surface area contributed by atoms with Gasteiger partial charge in [0.05, 0.1) is 29.8 Å².